The van der Waals surface area contributed by atoms with Crippen molar-refractivity contribution in [3.8, 4) is 11.3 Å². The third-order valence-electron chi connectivity index (χ3n) is 5.63. The summed E-state index contributed by atoms with van der Waals surface area (Å²) in [5, 5.41) is 9.47. The molecule has 1 atom stereocenters. The average Bonchev–Trinajstić information content (AvgIpc) is 3.24. The summed E-state index contributed by atoms with van der Waals surface area (Å²) in [6, 6.07) is 7.78. The van der Waals surface area contributed by atoms with Gasteiger partial charge in [-0.3, -0.25) is 9.48 Å². The van der Waals surface area contributed by atoms with Crippen molar-refractivity contribution in [2.45, 2.75) is 32.4 Å². The summed E-state index contributed by atoms with van der Waals surface area (Å²) in [5.74, 6) is 0.543. The third-order valence-corrected chi connectivity index (χ3v) is 7.46. The normalized spacial score (nSPS) is 21.0. The molecule has 1 aromatic carbocycles. The molecule has 27 heavy (non-hydrogen) atoms. The quantitative estimate of drug-likeness (QED) is 0.685. The lowest BCUT2D eigenvalue weighted by Gasteiger charge is -2.20. The molecule has 0 unspecified atom stereocenters. The van der Waals surface area contributed by atoms with E-state index in [0.29, 0.717) is 18.7 Å². The summed E-state index contributed by atoms with van der Waals surface area (Å²) in [4.78, 5) is 12.6. The first-order chi connectivity index (χ1) is 13.0. The Morgan fingerprint density at radius 3 is 2.96 bits per heavy atom. The molecule has 0 spiro atoms. The molecule has 0 bridgehead atoms. The highest BCUT2D eigenvalue weighted by Gasteiger charge is 2.28. The molecule has 0 aliphatic carbocycles. The second kappa shape index (κ2) is 6.02. The van der Waals surface area contributed by atoms with Gasteiger partial charge in [0.15, 0.2) is 9.84 Å². The van der Waals surface area contributed by atoms with Crippen LogP contribution >= 0.6 is 0 Å². The Kier molecular flexibility index (Phi) is 3.72. The molecule has 0 amide bonds. The van der Waals surface area contributed by atoms with Crippen molar-refractivity contribution < 1.29 is 8.42 Å². The van der Waals surface area contributed by atoms with Gasteiger partial charge in [0.05, 0.1) is 23.2 Å². The first kappa shape index (κ1) is 16.7. The Labute approximate surface area is 156 Å². The predicted molar refractivity (Wildman–Crippen MR) is 102 cm³/mol. The lowest BCUT2D eigenvalue weighted by molar-refractivity contribution is 0.448. The Morgan fingerprint density at radius 1 is 1.26 bits per heavy atom. The molecule has 0 saturated carbocycles. The molecule has 8 heteroatoms. The largest absolute Gasteiger partial charge is 0.308 e. The third kappa shape index (κ3) is 2.88. The van der Waals surface area contributed by atoms with Gasteiger partial charge in [0, 0.05) is 30.1 Å². The van der Waals surface area contributed by atoms with Crippen LogP contribution in [0, 0.1) is 5.92 Å². The van der Waals surface area contributed by atoms with Crippen LogP contribution in [0.5, 0.6) is 0 Å². The lowest BCUT2D eigenvalue weighted by atomic mass is 9.97. The van der Waals surface area contributed by atoms with Gasteiger partial charge in [-0.2, -0.15) is 0 Å². The zero-order valence-electron chi connectivity index (χ0n) is 14.8. The maximum Gasteiger partial charge on any atom is 0.251 e. The van der Waals surface area contributed by atoms with Crippen molar-refractivity contribution in [2.24, 2.45) is 5.92 Å². The number of para-hydroxylation sites is 1. The monoisotopic (exact) mass is 384 g/mol. The standard InChI is InChI=1S/C19H20N4O3S/c24-18-9-16(15-5-1-3-14-4-2-7-23(18)19(14)15)17-11-22(21-20-17)10-13-6-8-27(25,26)12-13/h1,3,5,9,11,13H,2,4,6-8,10,12H2/t13-/m1/s1. The van der Waals surface area contributed by atoms with E-state index in [-0.39, 0.29) is 23.0 Å². The number of aryl methyl sites for hydroxylation is 2. The van der Waals surface area contributed by atoms with Crippen molar-refractivity contribution in [2.75, 3.05) is 11.5 Å². The number of pyridine rings is 1. The SMILES string of the molecule is O=c1cc(-c2cn(C[C@H]3CCS(=O)(=O)C3)nn2)c2cccc3c2n1CCC3. The van der Waals surface area contributed by atoms with Gasteiger partial charge in [0.2, 0.25) is 0 Å². The van der Waals surface area contributed by atoms with E-state index in [9.17, 15) is 13.2 Å². The molecule has 7 nitrogen and oxygen atoms in total. The van der Waals surface area contributed by atoms with Crippen LogP contribution in [0.25, 0.3) is 22.2 Å². The molecule has 0 N–H and O–H groups in total. The van der Waals surface area contributed by atoms with Crippen molar-refractivity contribution in [1.29, 1.82) is 0 Å². The van der Waals surface area contributed by atoms with Gasteiger partial charge in [0.25, 0.3) is 5.56 Å². The summed E-state index contributed by atoms with van der Waals surface area (Å²) in [7, 11) is -2.91. The lowest BCUT2D eigenvalue weighted by Crippen LogP contribution is -2.24. The van der Waals surface area contributed by atoms with Crippen LogP contribution in [0.3, 0.4) is 0 Å². The van der Waals surface area contributed by atoms with E-state index in [4.69, 9.17) is 0 Å². The summed E-state index contributed by atoms with van der Waals surface area (Å²) >= 11 is 0. The van der Waals surface area contributed by atoms with Crippen LogP contribution in [-0.2, 0) is 29.3 Å². The van der Waals surface area contributed by atoms with Crippen molar-refractivity contribution >= 4 is 20.7 Å². The first-order valence-electron chi connectivity index (χ1n) is 9.26. The fourth-order valence-electron chi connectivity index (χ4n) is 4.37. The van der Waals surface area contributed by atoms with Gasteiger partial charge in [-0.25, -0.2) is 8.42 Å². The summed E-state index contributed by atoms with van der Waals surface area (Å²) in [5.41, 5.74) is 3.63. The average molecular weight is 384 g/mol. The molecular weight excluding hydrogens is 364 g/mol. The van der Waals surface area contributed by atoms with Gasteiger partial charge in [-0.15, -0.1) is 5.10 Å². The van der Waals surface area contributed by atoms with Crippen LogP contribution in [0.15, 0.2) is 35.3 Å². The molecule has 1 saturated heterocycles. The fraction of sp³-hybridized carbons (Fsp3) is 0.421. The molecule has 5 rings (SSSR count). The summed E-state index contributed by atoms with van der Waals surface area (Å²) in [6.07, 6.45) is 4.44. The van der Waals surface area contributed by atoms with E-state index in [0.717, 1.165) is 35.9 Å². The van der Waals surface area contributed by atoms with Crippen LogP contribution in [0.4, 0.5) is 0 Å². The molecule has 140 valence electrons. The van der Waals surface area contributed by atoms with E-state index in [1.165, 1.54) is 5.56 Å². The minimum Gasteiger partial charge on any atom is -0.308 e. The van der Waals surface area contributed by atoms with Crippen molar-refractivity contribution in [3.63, 3.8) is 0 Å². The number of benzene rings is 1. The molecule has 2 aromatic heterocycles. The zero-order chi connectivity index (χ0) is 18.6. The maximum atomic E-state index is 12.6. The van der Waals surface area contributed by atoms with E-state index in [1.807, 2.05) is 22.9 Å². The number of hydrogen-bond acceptors (Lipinski definition) is 5. The fourth-order valence-corrected chi connectivity index (χ4v) is 6.22. The number of nitrogens with zero attached hydrogens (tertiary/aromatic N) is 4. The highest BCUT2D eigenvalue weighted by Crippen LogP contribution is 2.30. The second-order valence-electron chi connectivity index (χ2n) is 7.56. The number of hydrogen-bond donors (Lipinski definition) is 0. The van der Waals surface area contributed by atoms with E-state index < -0.39 is 9.84 Å². The number of rotatable bonds is 3. The minimum absolute atomic E-state index is 0.0129. The molecule has 2 aliphatic heterocycles. The topological polar surface area (TPSA) is 86.8 Å². The molecule has 1 fully saturated rings. The van der Waals surface area contributed by atoms with Crippen molar-refractivity contribution in [1.82, 2.24) is 19.6 Å². The van der Waals surface area contributed by atoms with Gasteiger partial charge in [-0.05, 0) is 30.7 Å². The van der Waals surface area contributed by atoms with Gasteiger partial charge in [0.1, 0.15) is 5.69 Å². The highest BCUT2D eigenvalue weighted by molar-refractivity contribution is 7.91. The number of sulfone groups is 1. The zero-order valence-corrected chi connectivity index (χ0v) is 15.7. The molecule has 0 radical (unpaired) electrons. The molecule has 2 aliphatic rings. The Balaban J connectivity index is 1.55. The highest BCUT2D eigenvalue weighted by atomic mass is 32.2. The Bertz CT molecular complexity index is 1210. The van der Waals surface area contributed by atoms with Gasteiger partial charge in [-0.1, -0.05) is 23.4 Å². The van der Waals surface area contributed by atoms with Crippen LogP contribution < -0.4 is 5.56 Å². The van der Waals surface area contributed by atoms with E-state index in [2.05, 4.69) is 16.4 Å². The maximum absolute atomic E-state index is 12.6. The smallest absolute Gasteiger partial charge is 0.251 e. The molecule has 3 aromatic rings. The molecular formula is C19H20N4O3S. The van der Waals surface area contributed by atoms with Crippen molar-refractivity contribution in [3.05, 3.63) is 46.4 Å². The Morgan fingerprint density at radius 2 is 2.15 bits per heavy atom. The number of aromatic nitrogens is 4. The van der Waals surface area contributed by atoms with E-state index in [1.54, 1.807) is 10.7 Å². The second-order valence-corrected chi connectivity index (χ2v) is 9.79. The molecule has 4 heterocycles. The minimum atomic E-state index is -2.91. The Hall–Kier alpha value is -2.48. The first-order valence-corrected chi connectivity index (χ1v) is 11.1. The summed E-state index contributed by atoms with van der Waals surface area (Å²) < 4.78 is 26.9. The van der Waals surface area contributed by atoms with Crippen LogP contribution in [0.1, 0.15) is 18.4 Å². The van der Waals surface area contributed by atoms with Gasteiger partial charge < -0.3 is 4.57 Å². The predicted octanol–water partition coefficient (Wildman–Crippen LogP) is 1.64. The van der Waals surface area contributed by atoms with Crippen LogP contribution in [-0.4, -0.2) is 39.5 Å². The van der Waals surface area contributed by atoms with E-state index >= 15 is 0 Å². The van der Waals surface area contributed by atoms with Gasteiger partial charge >= 0.3 is 0 Å². The van der Waals surface area contributed by atoms with Crippen LogP contribution in [0.2, 0.25) is 0 Å². The summed E-state index contributed by atoms with van der Waals surface area (Å²) in [6.45, 7) is 1.28.